The number of H-pyrrole nitrogens is 1. The van der Waals surface area contributed by atoms with Gasteiger partial charge in [0.2, 0.25) is 0 Å². The summed E-state index contributed by atoms with van der Waals surface area (Å²) >= 11 is 0. The lowest BCUT2D eigenvalue weighted by atomic mass is 9.96. The summed E-state index contributed by atoms with van der Waals surface area (Å²) in [6.07, 6.45) is 0. The van der Waals surface area contributed by atoms with E-state index in [0.717, 1.165) is 34.8 Å². The van der Waals surface area contributed by atoms with Gasteiger partial charge >= 0.3 is 0 Å². The Hall–Kier alpha value is -4.07. The maximum absolute atomic E-state index is 10.5. The fourth-order valence-corrected chi connectivity index (χ4v) is 6.23. The Morgan fingerprint density at radius 1 is 0.711 bits per heavy atom. The van der Waals surface area contributed by atoms with Crippen molar-refractivity contribution in [3.8, 4) is 11.1 Å². The van der Waals surface area contributed by atoms with Crippen LogP contribution in [0.4, 0.5) is 5.69 Å². The molecule has 45 heavy (non-hydrogen) atoms. The van der Waals surface area contributed by atoms with E-state index in [1.807, 2.05) is 13.8 Å². The van der Waals surface area contributed by atoms with Crippen molar-refractivity contribution in [2.24, 2.45) is 5.92 Å². The Morgan fingerprint density at radius 3 is 1.69 bits per heavy atom. The van der Waals surface area contributed by atoms with Crippen molar-refractivity contribution in [3.05, 3.63) is 108 Å². The van der Waals surface area contributed by atoms with E-state index in [4.69, 9.17) is 9.11 Å². The van der Waals surface area contributed by atoms with Crippen LogP contribution in [0.5, 0.6) is 0 Å². The second-order valence-corrected chi connectivity index (χ2v) is 14.2. The standard InChI is InChI=1S/C19H20N4.2C7H8O3S/c1-12-17-8-14(4-7-18(17)22-21-12)13-2-5-16(6-3-13)23-10-15-9-20-19(15)11-23;2*1-6-2-4-7(5-3-6)11(8,9)10/h2-8,15,19-20H,9-11H2,1H3,(H,21,22);2*2-5H,1H3,(H,8,9,10)/t15-,19+;;/m0../s1. The number of rotatable bonds is 4. The van der Waals surface area contributed by atoms with Gasteiger partial charge in [-0.05, 0) is 80.4 Å². The number of anilines is 1. The van der Waals surface area contributed by atoms with Gasteiger partial charge in [-0.3, -0.25) is 14.2 Å². The van der Waals surface area contributed by atoms with Gasteiger partial charge in [-0.25, -0.2) is 0 Å². The molecule has 5 aromatic rings. The maximum Gasteiger partial charge on any atom is 0.294 e. The van der Waals surface area contributed by atoms with Crippen molar-refractivity contribution in [1.29, 1.82) is 0 Å². The van der Waals surface area contributed by atoms with Crippen LogP contribution in [0.2, 0.25) is 0 Å². The summed E-state index contributed by atoms with van der Waals surface area (Å²) in [6.45, 7) is 9.27. The average molecular weight is 649 g/mol. The highest BCUT2D eigenvalue weighted by atomic mass is 32.2. The van der Waals surface area contributed by atoms with Crippen LogP contribution in [0.15, 0.2) is 101 Å². The molecule has 10 nitrogen and oxygen atoms in total. The third kappa shape index (κ3) is 7.96. The minimum Gasteiger partial charge on any atom is -0.370 e. The molecular weight excluding hydrogens is 613 g/mol. The molecule has 0 amide bonds. The predicted molar refractivity (Wildman–Crippen MR) is 176 cm³/mol. The average Bonchev–Trinajstić information content (AvgIpc) is 3.51. The molecule has 2 aliphatic rings. The maximum atomic E-state index is 10.5. The van der Waals surface area contributed by atoms with E-state index in [9.17, 15) is 16.8 Å². The van der Waals surface area contributed by atoms with Crippen molar-refractivity contribution in [3.63, 3.8) is 0 Å². The van der Waals surface area contributed by atoms with Crippen LogP contribution in [0.25, 0.3) is 22.0 Å². The highest BCUT2D eigenvalue weighted by molar-refractivity contribution is 7.86. The lowest BCUT2D eigenvalue weighted by Crippen LogP contribution is -2.51. The first-order valence-electron chi connectivity index (χ1n) is 14.4. The van der Waals surface area contributed by atoms with Crippen LogP contribution in [-0.2, 0) is 20.2 Å². The Kier molecular flexibility index (Phi) is 9.42. The Balaban J connectivity index is 0.000000153. The molecule has 2 atom stereocenters. The summed E-state index contributed by atoms with van der Waals surface area (Å²) in [5.74, 6) is 0.848. The molecule has 1 aromatic heterocycles. The van der Waals surface area contributed by atoms with Crippen LogP contribution in [0, 0.1) is 26.7 Å². The van der Waals surface area contributed by atoms with Gasteiger partial charge in [-0.2, -0.15) is 21.9 Å². The molecule has 0 spiro atoms. The summed E-state index contributed by atoms with van der Waals surface area (Å²) in [5.41, 5.74) is 7.91. The largest absolute Gasteiger partial charge is 0.370 e. The van der Waals surface area contributed by atoms with Crippen LogP contribution < -0.4 is 10.2 Å². The van der Waals surface area contributed by atoms with E-state index in [-0.39, 0.29) is 9.79 Å². The van der Waals surface area contributed by atoms with Crippen molar-refractivity contribution in [2.45, 2.75) is 36.6 Å². The minimum atomic E-state index is -4.02. The molecule has 4 aromatic carbocycles. The Bertz CT molecular complexity index is 1910. The van der Waals surface area contributed by atoms with E-state index in [1.54, 1.807) is 24.3 Å². The monoisotopic (exact) mass is 648 g/mol. The molecule has 2 saturated heterocycles. The number of hydrogen-bond acceptors (Lipinski definition) is 7. The smallest absolute Gasteiger partial charge is 0.294 e. The topological polar surface area (TPSA) is 153 Å². The summed E-state index contributed by atoms with van der Waals surface area (Å²) in [4.78, 5) is 2.37. The summed E-state index contributed by atoms with van der Waals surface area (Å²) in [5, 5.41) is 12.1. The normalized spacial score (nSPS) is 17.4. The zero-order valence-electron chi connectivity index (χ0n) is 25.2. The zero-order chi connectivity index (χ0) is 32.4. The molecule has 4 N–H and O–H groups in total. The Morgan fingerprint density at radius 2 is 1.24 bits per heavy atom. The molecule has 0 bridgehead atoms. The molecule has 2 aliphatic heterocycles. The van der Waals surface area contributed by atoms with Crippen molar-refractivity contribution in [1.82, 2.24) is 15.5 Å². The molecule has 0 aliphatic carbocycles. The van der Waals surface area contributed by atoms with Gasteiger partial charge < -0.3 is 10.2 Å². The van der Waals surface area contributed by atoms with Gasteiger partial charge in [0.25, 0.3) is 20.2 Å². The Labute approximate surface area is 263 Å². The van der Waals surface area contributed by atoms with Gasteiger partial charge in [0, 0.05) is 48.4 Å². The minimum absolute atomic E-state index is 0.0666. The highest BCUT2D eigenvalue weighted by Gasteiger charge is 2.38. The zero-order valence-corrected chi connectivity index (χ0v) is 26.8. The van der Waals surface area contributed by atoms with E-state index in [2.05, 4.69) is 69.8 Å². The van der Waals surface area contributed by atoms with E-state index in [0.29, 0.717) is 6.04 Å². The van der Waals surface area contributed by atoms with Crippen LogP contribution >= 0.6 is 0 Å². The third-order valence-corrected chi connectivity index (χ3v) is 9.77. The molecule has 0 unspecified atom stereocenters. The first-order valence-corrected chi connectivity index (χ1v) is 17.3. The number of fused-ring (bicyclic) bond motifs is 2. The number of nitrogens with one attached hydrogen (secondary N) is 2. The molecule has 7 rings (SSSR count). The van der Waals surface area contributed by atoms with Crippen LogP contribution in [0.1, 0.15) is 16.8 Å². The van der Waals surface area contributed by atoms with E-state index in [1.165, 1.54) is 59.6 Å². The first-order chi connectivity index (χ1) is 21.3. The molecule has 3 heterocycles. The third-order valence-electron chi connectivity index (χ3n) is 8.03. The highest BCUT2D eigenvalue weighted by Crippen LogP contribution is 2.31. The summed E-state index contributed by atoms with van der Waals surface area (Å²) < 4.78 is 59.1. The molecule has 236 valence electrons. The quantitative estimate of drug-likeness (QED) is 0.187. The van der Waals surface area contributed by atoms with Gasteiger partial charge in [0.05, 0.1) is 15.3 Å². The fraction of sp³-hybridized carbons (Fsp3) is 0.242. The molecular formula is C33H36N4O6S2. The lowest BCUT2D eigenvalue weighted by molar-refractivity contribution is 0.297. The van der Waals surface area contributed by atoms with E-state index < -0.39 is 20.2 Å². The number of benzene rings is 4. The summed E-state index contributed by atoms with van der Waals surface area (Å²) in [6, 6.07) is 28.1. The summed E-state index contributed by atoms with van der Waals surface area (Å²) in [7, 11) is -8.04. The second kappa shape index (κ2) is 13.1. The number of hydrogen-bond donors (Lipinski definition) is 4. The van der Waals surface area contributed by atoms with Gasteiger partial charge in [0.1, 0.15) is 0 Å². The number of aromatic nitrogens is 2. The second-order valence-electron chi connectivity index (χ2n) is 11.4. The molecule has 0 saturated carbocycles. The fourth-order valence-electron chi connectivity index (χ4n) is 5.27. The predicted octanol–water partition coefficient (Wildman–Crippen LogP) is 5.43. The van der Waals surface area contributed by atoms with Crippen LogP contribution in [0.3, 0.4) is 0 Å². The first kappa shape index (κ1) is 32.3. The molecule has 0 radical (unpaired) electrons. The number of aryl methyl sites for hydroxylation is 3. The van der Waals surface area contributed by atoms with Crippen molar-refractivity contribution >= 4 is 36.8 Å². The lowest BCUT2D eigenvalue weighted by Gasteiger charge is -2.29. The SMILES string of the molecule is Cc1[nH]nc2ccc(-c3ccc(N4C[C@@H]5CN[C@@H]5C4)cc3)cc12.Cc1ccc(S(=O)(=O)O)cc1.Cc1ccc(S(=O)(=O)O)cc1. The van der Waals surface area contributed by atoms with Crippen LogP contribution in [-0.4, -0.2) is 61.8 Å². The molecule has 12 heteroatoms. The van der Waals surface area contributed by atoms with Gasteiger partial charge in [0.15, 0.2) is 0 Å². The molecule has 2 fully saturated rings. The van der Waals surface area contributed by atoms with E-state index >= 15 is 0 Å². The number of aromatic amines is 1. The van der Waals surface area contributed by atoms with Gasteiger partial charge in [-0.15, -0.1) is 0 Å². The van der Waals surface area contributed by atoms with Crippen molar-refractivity contribution in [2.75, 3.05) is 24.5 Å². The number of nitrogens with zero attached hydrogens (tertiary/aromatic N) is 2. The van der Waals surface area contributed by atoms with Gasteiger partial charge in [-0.1, -0.05) is 53.6 Å². The van der Waals surface area contributed by atoms with Crippen molar-refractivity contribution < 1.29 is 25.9 Å².